The van der Waals surface area contributed by atoms with Crippen molar-refractivity contribution in [2.45, 2.75) is 25.9 Å². The number of thiophene rings is 1. The number of carboxylic acid groups (broad SMARTS) is 1. The number of aliphatic carboxylic acids is 1. The number of nitrogens with one attached hydrogen (secondary N) is 1. The molecular weight excluding hydrogens is 450 g/mol. The predicted octanol–water partition coefficient (Wildman–Crippen LogP) is 6.31. The van der Waals surface area contributed by atoms with Crippen molar-refractivity contribution < 1.29 is 19.4 Å². The molecule has 34 heavy (non-hydrogen) atoms. The number of hydrogen-bond acceptors (Lipinski definition) is 5. The van der Waals surface area contributed by atoms with E-state index in [-0.39, 0.29) is 0 Å². The van der Waals surface area contributed by atoms with E-state index in [2.05, 4.69) is 10.3 Å². The molecule has 174 valence electrons. The van der Waals surface area contributed by atoms with Crippen LogP contribution in [0.4, 0.5) is 10.6 Å². The second-order valence-corrected chi connectivity index (χ2v) is 9.09. The lowest BCUT2D eigenvalue weighted by molar-refractivity contribution is -0.138. The quantitative estimate of drug-likeness (QED) is 0.326. The second kappa shape index (κ2) is 9.93. The average molecular weight is 476 g/mol. The number of rotatable bonds is 7. The fourth-order valence-corrected chi connectivity index (χ4v) is 4.58. The fourth-order valence-electron chi connectivity index (χ4n) is 3.52. The van der Waals surface area contributed by atoms with Crippen LogP contribution in [0.2, 0.25) is 0 Å². The highest BCUT2D eigenvalue weighted by atomic mass is 32.1. The van der Waals surface area contributed by atoms with Gasteiger partial charge in [0.05, 0.1) is 12.2 Å². The summed E-state index contributed by atoms with van der Waals surface area (Å²) in [5.74, 6) is -0.841. The molecule has 4 rings (SSSR count). The van der Waals surface area contributed by atoms with Gasteiger partial charge in [-0.05, 0) is 37.1 Å². The maximum Gasteiger partial charge on any atom is 0.413 e. The third-order valence-electron chi connectivity index (χ3n) is 5.58. The molecular formula is C26H25N3O4S. The Hall–Kier alpha value is -3.91. The van der Waals surface area contributed by atoms with Gasteiger partial charge in [-0.1, -0.05) is 54.6 Å². The zero-order valence-corrected chi connectivity index (χ0v) is 19.9. The number of carbonyl (C=O) groups is 2. The minimum absolute atomic E-state index is 0.392. The molecule has 0 aliphatic rings. The van der Waals surface area contributed by atoms with Crippen molar-refractivity contribution in [3.05, 3.63) is 83.5 Å². The molecule has 0 aliphatic heterocycles. The van der Waals surface area contributed by atoms with Crippen molar-refractivity contribution in [1.82, 2.24) is 9.55 Å². The molecule has 0 bridgehead atoms. The summed E-state index contributed by atoms with van der Waals surface area (Å²) in [6.07, 6.45) is 0.686. The number of nitrogens with zero attached hydrogens (tertiary/aromatic N) is 2. The maximum atomic E-state index is 12.6. The number of hydrogen-bond donors (Lipinski definition) is 2. The van der Waals surface area contributed by atoms with Gasteiger partial charge >= 0.3 is 12.1 Å². The van der Waals surface area contributed by atoms with Crippen molar-refractivity contribution >= 4 is 29.2 Å². The molecule has 0 spiro atoms. The van der Waals surface area contributed by atoms with Crippen LogP contribution in [0.5, 0.6) is 0 Å². The van der Waals surface area contributed by atoms with Crippen LogP contribution < -0.4 is 5.32 Å². The lowest BCUT2D eigenvalue weighted by Gasteiger charge is -2.15. The third kappa shape index (κ3) is 5.02. The first kappa shape index (κ1) is 23.3. The van der Waals surface area contributed by atoms with E-state index in [0.29, 0.717) is 11.5 Å². The molecule has 4 aromatic rings. The first-order valence-corrected chi connectivity index (χ1v) is 11.6. The third-order valence-corrected chi connectivity index (χ3v) is 6.89. The molecule has 2 aromatic heterocycles. The number of benzene rings is 2. The molecule has 2 aromatic carbocycles. The van der Waals surface area contributed by atoms with Crippen LogP contribution in [0, 0.1) is 0 Å². The Balaban J connectivity index is 1.49. The van der Waals surface area contributed by atoms with E-state index in [4.69, 9.17) is 4.74 Å². The topological polar surface area (TPSA) is 93.5 Å². The Bertz CT molecular complexity index is 1300. The average Bonchev–Trinajstić information content (AvgIpc) is 3.47. The summed E-state index contributed by atoms with van der Waals surface area (Å²) in [5.41, 5.74) is 3.36. The molecule has 0 aliphatic carbocycles. The predicted molar refractivity (Wildman–Crippen MR) is 133 cm³/mol. The highest BCUT2D eigenvalue weighted by Gasteiger charge is 2.19. The lowest BCUT2D eigenvalue weighted by atomic mass is 10.1. The molecule has 7 nitrogen and oxygen atoms in total. The molecule has 0 fully saturated rings. The highest BCUT2D eigenvalue weighted by molar-refractivity contribution is 7.15. The zero-order chi connectivity index (χ0) is 24.2. The van der Waals surface area contributed by atoms with E-state index in [1.807, 2.05) is 73.7 Å². The second-order valence-electron chi connectivity index (χ2n) is 7.98. The van der Waals surface area contributed by atoms with Crippen LogP contribution in [0.15, 0.2) is 73.1 Å². The van der Waals surface area contributed by atoms with Gasteiger partial charge in [0, 0.05) is 22.4 Å². The fraction of sp³-hybridized carbons (Fsp3) is 0.192. The Labute approximate surface area is 201 Å². The number of imidazole rings is 1. The van der Waals surface area contributed by atoms with Crippen LogP contribution >= 0.6 is 11.3 Å². The van der Waals surface area contributed by atoms with E-state index >= 15 is 0 Å². The first-order valence-electron chi connectivity index (χ1n) is 10.8. The molecule has 0 saturated heterocycles. The number of aryl methyl sites for hydroxylation is 1. The molecule has 1 unspecified atom stereocenters. The molecule has 0 saturated carbocycles. The Morgan fingerprint density at radius 2 is 1.68 bits per heavy atom. The summed E-state index contributed by atoms with van der Waals surface area (Å²) in [4.78, 5) is 30.1. The van der Waals surface area contributed by atoms with Gasteiger partial charge in [0.2, 0.25) is 0 Å². The summed E-state index contributed by atoms with van der Waals surface area (Å²) in [6, 6.07) is 21.1. The van der Waals surface area contributed by atoms with Gasteiger partial charge in [-0.25, -0.2) is 9.78 Å². The van der Waals surface area contributed by atoms with E-state index < -0.39 is 24.1 Å². The van der Waals surface area contributed by atoms with E-state index in [1.54, 1.807) is 24.9 Å². The first-order chi connectivity index (χ1) is 16.3. The maximum absolute atomic E-state index is 12.6. The molecule has 2 heterocycles. The summed E-state index contributed by atoms with van der Waals surface area (Å²) in [5, 5.41) is 12.0. The number of anilines is 1. The van der Waals surface area contributed by atoms with Crippen LogP contribution in [0.1, 0.15) is 36.3 Å². The number of ether oxygens (including phenoxy) is 1. The highest BCUT2D eigenvalue weighted by Crippen LogP contribution is 2.34. The van der Waals surface area contributed by atoms with E-state index in [9.17, 15) is 14.7 Å². The van der Waals surface area contributed by atoms with Gasteiger partial charge in [0.15, 0.2) is 0 Å². The number of carbonyl (C=O) groups excluding carboxylic acids is 1. The van der Waals surface area contributed by atoms with Gasteiger partial charge in [0.1, 0.15) is 17.6 Å². The smallest absolute Gasteiger partial charge is 0.413 e. The van der Waals surface area contributed by atoms with Crippen LogP contribution in [-0.4, -0.2) is 26.7 Å². The molecule has 8 heteroatoms. The molecule has 1 amide bonds. The Morgan fingerprint density at radius 3 is 2.35 bits per heavy atom. The lowest BCUT2D eigenvalue weighted by Crippen LogP contribution is -2.18. The summed E-state index contributed by atoms with van der Waals surface area (Å²) in [6.45, 7) is 3.51. The van der Waals surface area contributed by atoms with Gasteiger partial charge in [-0.3, -0.25) is 10.1 Å². The van der Waals surface area contributed by atoms with Crippen LogP contribution in [-0.2, 0) is 16.6 Å². The van der Waals surface area contributed by atoms with Crippen molar-refractivity contribution in [2.24, 2.45) is 7.05 Å². The minimum Gasteiger partial charge on any atom is -0.481 e. The van der Waals surface area contributed by atoms with E-state index in [1.165, 1.54) is 11.3 Å². The van der Waals surface area contributed by atoms with Gasteiger partial charge < -0.3 is 14.4 Å². The summed E-state index contributed by atoms with van der Waals surface area (Å²) >= 11 is 1.47. The molecule has 2 N–H and O–H groups in total. The van der Waals surface area contributed by atoms with Gasteiger partial charge in [0.25, 0.3) is 0 Å². The van der Waals surface area contributed by atoms with Crippen LogP contribution in [0.25, 0.3) is 21.7 Å². The van der Waals surface area contributed by atoms with Crippen molar-refractivity contribution in [3.63, 3.8) is 0 Å². The zero-order valence-electron chi connectivity index (χ0n) is 19.1. The van der Waals surface area contributed by atoms with Crippen molar-refractivity contribution in [1.29, 1.82) is 0 Å². The van der Waals surface area contributed by atoms with Gasteiger partial charge in [-0.2, -0.15) is 0 Å². The molecule has 0 radical (unpaired) electrons. The Morgan fingerprint density at radius 1 is 1.00 bits per heavy atom. The number of carboxylic acids is 1. The standard InChI is InChI=1S/C26H25N3O4S/c1-16(25(30)31)21-13-14-22(34-21)19-9-11-20(12-10-19)23-24(29(3)15-27-23)28-26(32)33-17(2)18-7-5-4-6-8-18/h4-17H,1-3H3,(H,28,32)(H,30,31)/t16?,17-/m1/s1. The van der Waals surface area contributed by atoms with Crippen LogP contribution in [0.3, 0.4) is 0 Å². The SMILES string of the molecule is CC(C(=O)O)c1ccc(-c2ccc(-c3ncn(C)c3NC(=O)O[C@H](C)c3ccccc3)cc2)s1. The number of aromatic nitrogens is 2. The summed E-state index contributed by atoms with van der Waals surface area (Å²) in [7, 11) is 1.80. The molecule has 2 atom stereocenters. The Kier molecular flexibility index (Phi) is 6.79. The van der Waals surface area contributed by atoms with Crippen molar-refractivity contribution in [2.75, 3.05) is 5.32 Å². The van der Waals surface area contributed by atoms with Gasteiger partial charge in [-0.15, -0.1) is 11.3 Å². The number of amides is 1. The normalized spacial score (nSPS) is 12.7. The monoisotopic (exact) mass is 475 g/mol. The van der Waals surface area contributed by atoms with Crippen molar-refractivity contribution in [3.8, 4) is 21.7 Å². The largest absolute Gasteiger partial charge is 0.481 e. The minimum atomic E-state index is -0.837. The summed E-state index contributed by atoms with van der Waals surface area (Å²) < 4.78 is 7.27. The van der Waals surface area contributed by atoms with E-state index in [0.717, 1.165) is 26.4 Å².